The van der Waals surface area contributed by atoms with E-state index in [2.05, 4.69) is 20.6 Å². The number of nitrogens with one attached hydrogen (secondary N) is 1. The van der Waals surface area contributed by atoms with Crippen molar-refractivity contribution >= 4 is 33.8 Å². The van der Waals surface area contributed by atoms with Crippen LogP contribution in [0.5, 0.6) is 0 Å². The van der Waals surface area contributed by atoms with Crippen LogP contribution in [0.1, 0.15) is 10.6 Å². The van der Waals surface area contributed by atoms with Crippen molar-refractivity contribution in [2.75, 3.05) is 6.54 Å². The zero-order valence-corrected chi connectivity index (χ0v) is 12.6. The Hall–Kier alpha value is -1.99. The Bertz CT molecular complexity index is 740. The molecule has 108 valence electrons. The van der Waals surface area contributed by atoms with Crippen LogP contribution in [0.2, 0.25) is 5.02 Å². The third-order valence-corrected chi connectivity index (χ3v) is 4.05. The summed E-state index contributed by atoms with van der Waals surface area (Å²) in [5.74, 6) is -0.0275. The Labute approximate surface area is 129 Å². The third kappa shape index (κ3) is 3.56. The van der Waals surface area contributed by atoms with Gasteiger partial charge in [-0.15, -0.1) is 10.2 Å². The molecule has 8 heteroatoms. The van der Waals surface area contributed by atoms with E-state index in [1.165, 1.54) is 11.3 Å². The Balaban J connectivity index is 1.48. The van der Waals surface area contributed by atoms with Gasteiger partial charge < -0.3 is 5.32 Å². The summed E-state index contributed by atoms with van der Waals surface area (Å²) < 4.78 is 1.63. The van der Waals surface area contributed by atoms with Crippen LogP contribution in [0.15, 0.2) is 30.6 Å². The number of nitrogens with zero attached hydrogens (tertiary/aromatic N) is 4. The first-order valence-electron chi connectivity index (χ1n) is 6.37. The molecule has 0 atom stereocenters. The second-order valence-electron chi connectivity index (χ2n) is 4.46. The lowest BCUT2D eigenvalue weighted by Crippen LogP contribution is -2.27. The number of benzene rings is 1. The quantitative estimate of drug-likeness (QED) is 0.777. The fraction of sp³-hybridized carbons (Fsp3) is 0.231. The lowest BCUT2D eigenvalue weighted by atomic mass is 10.1. The largest absolute Gasteiger partial charge is 0.355 e. The molecule has 1 N–H and O–H groups in total. The van der Waals surface area contributed by atoms with Gasteiger partial charge in [0.05, 0.1) is 6.42 Å². The van der Waals surface area contributed by atoms with E-state index in [1.807, 2.05) is 12.1 Å². The van der Waals surface area contributed by atoms with Gasteiger partial charge >= 0.3 is 0 Å². The van der Waals surface area contributed by atoms with E-state index in [0.29, 0.717) is 24.4 Å². The average molecular weight is 322 g/mol. The third-order valence-electron chi connectivity index (χ3n) is 2.84. The Morgan fingerprint density at radius 1 is 1.43 bits per heavy atom. The maximum Gasteiger partial charge on any atom is 0.234 e. The number of halogens is 1. The van der Waals surface area contributed by atoms with Gasteiger partial charge in [0, 0.05) is 18.0 Å². The van der Waals surface area contributed by atoms with Crippen LogP contribution in [0.25, 0.3) is 4.96 Å². The molecule has 6 nitrogen and oxygen atoms in total. The molecule has 0 spiro atoms. The van der Waals surface area contributed by atoms with E-state index in [1.54, 1.807) is 23.0 Å². The summed E-state index contributed by atoms with van der Waals surface area (Å²) in [5.41, 5.74) is 0.902. The molecular weight excluding hydrogens is 310 g/mol. The predicted octanol–water partition coefficient (Wildman–Crippen LogP) is 1.74. The van der Waals surface area contributed by atoms with E-state index in [0.717, 1.165) is 15.5 Å². The highest BCUT2D eigenvalue weighted by Gasteiger charge is 2.07. The first kappa shape index (κ1) is 14.0. The number of hydrogen-bond acceptors (Lipinski definition) is 5. The zero-order chi connectivity index (χ0) is 14.7. The molecule has 0 saturated carbocycles. The SMILES string of the molecule is O=C(Cc1cccc(Cl)c1)NCCc1nn2cnnc2s1. The van der Waals surface area contributed by atoms with E-state index < -0.39 is 0 Å². The van der Waals surface area contributed by atoms with Crippen molar-refractivity contribution < 1.29 is 4.79 Å². The molecule has 0 aliphatic rings. The number of rotatable bonds is 5. The minimum Gasteiger partial charge on any atom is -0.355 e. The lowest BCUT2D eigenvalue weighted by molar-refractivity contribution is -0.120. The first-order chi connectivity index (χ1) is 10.2. The van der Waals surface area contributed by atoms with Crippen molar-refractivity contribution in [3.05, 3.63) is 46.2 Å². The van der Waals surface area contributed by atoms with Gasteiger partial charge in [0.25, 0.3) is 0 Å². The van der Waals surface area contributed by atoms with Crippen LogP contribution >= 0.6 is 22.9 Å². The normalized spacial score (nSPS) is 10.9. The van der Waals surface area contributed by atoms with Crippen molar-refractivity contribution in [1.82, 2.24) is 25.1 Å². The topological polar surface area (TPSA) is 72.2 Å². The highest BCUT2D eigenvalue weighted by atomic mass is 35.5. The van der Waals surface area contributed by atoms with E-state index in [9.17, 15) is 4.79 Å². The van der Waals surface area contributed by atoms with Gasteiger partial charge in [0.2, 0.25) is 10.9 Å². The highest BCUT2D eigenvalue weighted by Crippen LogP contribution is 2.12. The van der Waals surface area contributed by atoms with Gasteiger partial charge in [0.1, 0.15) is 11.3 Å². The molecule has 21 heavy (non-hydrogen) atoms. The van der Waals surface area contributed by atoms with Crippen molar-refractivity contribution in [1.29, 1.82) is 0 Å². The summed E-state index contributed by atoms with van der Waals surface area (Å²) in [5, 5.41) is 16.4. The molecule has 1 amide bonds. The monoisotopic (exact) mass is 321 g/mol. The molecule has 0 aliphatic heterocycles. The number of aromatic nitrogens is 4. The standard InChI is InChI=1S/C13H12ClN5OS/c14-10-3-1-2-9(6-10)7-11(20)15-5-4-12-18-19-8-16-17-13(19)21-12/h1-3,6,8H,4-5,7H2,(H,15,20). The Kier molecular flexibility index (Phi) is 4.12. The molecular formula is C13H12ClN5OS. The second kappa shape index (κ2) is 6.19. The van der Waals surface area contributed by atoms with Crippen molar-refractivity contribution in [2.24, 2.45) is 0 Å². The van der Waals surface area contributed by atoms with Crippen LogP contribution in [-0.2, 0) is 17.6 Å². The molecule has 0 bridgehead atoms. The van der Waals surface area contributed by atoms with Gasteiger partial charge in [-0.2, -0.15) is 9.61 Å². The summed E-state index contributed by atoms with van der Waals surface area (Å²) in [7, 11) is 0. The van der Waals surface area contributed by atoms with Gasteiger partial charge in [-0.3, -0.25) is 4.79 Å². The molecule has 3 rings (SSSR count). The van der Waals surface area contributed by atoms with Crippen molar-refractivity contribution in [2.45, 2.75) is 12.8 Å². The van der Waals surface area contributed by atoms with Gasteiger partial charge in [-0.1, -0.05) is 35.1 Å². The number of hydrogen-bond donors (Lipinski definition) is 1. The summed E-state index contributed by atoms with van der Waals surface area (Å²) in [6.45, 7) is 0.545. The molecule has 0 aliphatic carbocycles. The second-order valence-corrected chi connectivity index (χ2v) is 5.94. The lowest BCUT2D eigenvalue weighted by Gasteiger charge is -2.04. The van der Waals surface area contributed by atoms with Gasteiger partial charge in [0.15, 0.2) is 0 Å². The van der Waals surface area contributed by atoms with Crippen LogP contribution < -0.4 is 5.32 Å². The smallest absolute Gasteiger partial charge is 0.234 e. The number of carbonyl (C=O) groups is 1. The number of carbonyl (C=O) groups excluding carboxylic acids is 1. The summed E-state index contributed by atoms with van der Waals surface area (Å²) in [6.07, 6.45) is 2.56. The maximum absolute atomic E-state index is 11.8. The molecule has 2 aromatic heterocycles. The molecule has 0 unspecified atom stereocenters. The first-order valence-corrected chi connectivity index (χ1v) is 7.57. The fourth-order valence-electron chi connectivity index (χ4n) is 1.91. The minimum atomic E-state index is -0.0275. The number of amides is 1. The molecule has 0 fully saturated rings. The molecule has 0 saturated heterocycles. The maximum atomic E-state index is 11.8. The highest BCUT2D eigenvalue weighted by molar-refractivity contribution is 7.16. The Morgan fingerprint density at radius 3 is 3.14 bits per heavy atom. The average Bonchev–Trinajstić information content (AvgIpc) is 2.99. The molecule has 1 aromatic carbocycles. The summed E-state index contributed by atoms with van der Waals surface area (Å²) in [6, 6.07) is 7.30. The van der Waals surface area contributed by atoms with E-state index in [4.69, 9.17) is 11.6 Å². The van der Waals surface area contributed by atoms with Crippen molar-refractivity contribution in [3.8, 4) is 0 Å². The molecule has 2 heterocycles. The molecule has 3 aromatic rings. The zero-order valence-electron chi connectivity index (χ0n) is 11.0. The van der Waals surface area contributed by atoms with Crippen LogP contribution in [-0.4, -0.2) is 32.3 Å². The number of fused-ring (bicyclic) bond motifs is 1. The fourth-order valence-corrected chi connectivity index (χ4v) is 2.93. The van der Waals surface area contributed by atoms with Crippen LogP contribution in [0.3, 0.4) is 0 Å². The van der Waals surface area contributed by atoms with E-state index >= 15 is 0 Å². The van der Waals surface area contributed by atoms with Gasteiger partial charge in [-0.25, -0.2) is 0 Å². The van der Waals surface area contributed by atoms with Crippen LogP contribution in [0, 0.1) is 0 Å². The summed E-state index contributed by atoms with van der Waals surface area (Å²) in [4.78, 5) is 12.6. The van der Waals surface area contributed by atoms with Crippen LogP contribution in [0.4, 0.5) is 0 Å². The Morgan fingerprint density at radius 2 is 2.33 bits per heavy atom. The van der Waals surface area contributed by atoms with Crippen molar-refractivity contribution in [3.63, 3.8) is 0 Å². The molecule has 0 radical (unpaired) electrons. The van der Waals surface area contributed by atoms with Gasteiger partial charge in [-0.05, 0) is 17.7 Å². The summed E-state index contributed by atoms with van der Waals surface area (Å²) >= 11 is 7.36. The predicted molar refractivity (Wildman–Crippen MR) is 80.5 cm³/mol. The minimum absolute atomic E-state index is 0.0275. The van der Waals surface area contributed by atoms with E-state index in [-0.39, 0.29) is 5.91 Å².